The number of benzene rings is 1. The summed E-state index contributed by atoms with van der Waals surface area (Å²) in [6, 6.07) is 6.38. The van der Waals surface area contributed by atoms with Crippen molar-refractivity contribution in [3.05, 3.63) is 29.5 Å². The molecule has 5 rings (SSSR count). The summed E-state index contributed by atoms with van der Waals surface area (Å²) >= 11 is 0. The van der Waals surface area contributed by atoms with Crippen LogP contribution in [0.4, 0.5) is 10.5 Å². The number of nitrogens with zero attached hydrogens (tertiary/aromatic N) is 2. The number of piperazine rings is 1. The highest BCUT2D eigenvalue weighted by molar-refractivity contribution is 5.86. The van der Waals surface area contributed by atoms with Gasteiger partial charge in [0.05, 0.1) is 12.3 Å². The van der Waals surface area contributed by atoms with Crippen LogP contribution < -0.4 is 20.7 Å². The van der Waals surface area contributed by atoms with Gasteiger partial charge in [0.1, 0.15) is 11.9 Å². The molecule has 3 fully saturated rings. The van der Waals surface area contributed by atoms with Gasteiger partial charge >= 0.3 is 6.03 Å². The third-order valence-electron chi connectivity index (χ3n) is 7.29. The highest BCUT2D eigenvalue weighted by atomic mass is 16.5. The van der Waals surface area contributed by atoms with E-state index in [1.807, 2.05) is 29.2 Å². The highest BCUT2D eigenvalue weighted by Gasteiger charge is 2.29. The maximum atomic E-state index is 12.7. The van der Waals surface area contributed by atoms with Gasteiger partial charge < -0.3 is 25.6 Å². The van der Waals surface area contributed by atoms with Crippen molar-refractivity contribution in [2.45, 2.75) is 63.6 Å². The maximum Gasteiger partial charge on any atom is 0.321 e. The lowest BCUT2D eigenvalue weighted by Gasteiger charge is -2.39. The fraction of sp³-hybridized carbons (Fsp3) is 0.600. The molecule has 2 saturated heterocycles. The standard InChI is InChI=1S/C25H35N5O3/c31-23(30-13-11-29(12-14-30)19-6-3-1-2-4-7-19)8-5-15-33-20-9-10-21-18(16-20)17-22-24(26-21)28-25(32)27-22/h9-10,16-17,19,24,26H,1-8,11-15H2,(H2,27,28,32). The van der Waals surface area contributed by atoms with E-state index in [2.05, 4.69) is 20.9 Å². The van der Waals surface area contributed by atoms with Gasteiger partial charge in [0.25, 0.3) is 0 Å². The summed E-state index contributed by atoms with van der Waals surface area (Å²) in [5, 5.41) is 8.90. The lowest BCUT2D eigenvalue weighted by atomic mass is 10.1. The molecule has 1 atom stereocenters. The molecular formula is C25H35N5O3. The Labute approximate surface area is 195 Å². The van der Waals surface area contributed by atoms with Crippen LogP contribution in [0.15, 0.2) is 23.9 Å². The van der Waals surface area contributed by atoms with Crippen molar-refractivity contribution in [1.29, 1.82) is 0 Å². The topological polar surface area (TPSA) is 85.9 Å². The minimum atomic E-state index is -0.197. The van der Waals surface area contributed by atoms with Crippen molar-refractivity contribution in [3.63, 3.8) is 0 Å². The molecule has 0 bridgehead atoms. The maximum absolute atomic E-state index is 12.7. The second-order valence-electron chi connectivity index (χ2n) is 9.54. The molecule has 0 aromatic heterocycles. The summed E-state index contributed by atoms with van der Waals surface area (Å²) in [6.07, 6.45) is 11.1. The molecule has 0 spiro atoms. The summed E-state index contributed by atoms with van der Waals surface area (Å²) in [5.41, 5.74) is 2.75. The first-order valence-electron chi connectivity index (χ1n) is 12.5. The minimum Gasteiger partial charge on any atom is -0.494 e. The van der Waals surface area contributed by atoms with E-state index in [1.165, 1.54) is 38.5 Å². The number of hydrogen-bond acceptors (Lipinski definition) is 5. The second-order valence-corrected chi connectivity index (χ2v) is 9.54. The van der Waals surface area contributed by atoms with Crippen LogP contribution in [0.5, 0.6) is 5.75 Å². The Kier molecular flexibility index (Phi) is 6.71. The van der Waals surface area contributed by atoms with Crippen molar-refractivity contribution >= 4 is 23.7 Å². The SMILES string of the molecule is O=C1NC2=Cc3cc(OCCCC(=O)N4CCN(C5CCCCCC5)CC4)ccc3NC2N1. The van der Waals surface area contributed by atoms with Gasteiger partial charge in [0.15, 0.2) is 0 Å². The summed E-state index contributed by atoms with van der Waals surface area (Å²) in [5.74, 6) is 1.02. The quantitative estimate of drug-likeness (QED) is 0.455. The molecule has 8 nitrogen and oxygen atoms in total. The zero-order valence-corrected chi connectivity index (χ0v) is 19.3. The molecule has 1 aromatic rings. The number of carbonyl (C=O) groups excluding carboxylic acids is 2. The van der Waals surface area contributed by atoms with E-state index in [9.17, 15) is 9.59 Å². The number of carbonyl (C=O) groups is 2. The van der Waals surface area contributed by atoms with Crippen molar-refractivity contribution in [1.82, 2.24) is 20.4 Å². The van der Waals surface area contributed by atoms with Gasteiger partial charge in [-0.05, 0) is 43.5 Å². The van der Waals surface area contributed by atoms with Crippen LogP contribution in [0.2, 0.25) is 0 Å². The van der Waals surface area contributed by atoms with E-state index >= 15 is 0 Å². The van der Waals surface area contributed by atoms with Gasteiger partial charge in [0.2, 0.25) is 5.91 Å². The van der Waals surface area contributed by atoms with E-state index in [-0.39, 0.29) is 18.1 Å². The van der Waals surface area contributed by atoms with Gasteiger partial charge in [-0.3, -0.25) is 9.69 Å². The number of rotatable bonds is 6. The first-order chi connectivity index (χ1) is 16.2. The average molecular weight is 454 g/mol. The fourth-order valence-corrected chi connectivity index (χ4v) is 5.42. The molecule has 3 amide bonds. The smallest absolute Gasteiger partial charge is 0.321 e. The van der Waals surface area contributed by atoms with Crippen LogP contribution in [0.3, 0.4) is 0 Å². The predicted octanol–water partition coefficient (Wildman–Crippen LogP) is 3.12. The van der Waals surface area contributed by atoms with E-state index in [0.717, 1.165) is 54.9 Å². The summed E-state index contributed by atoms with van der Waals surface area (Å²) in [7, 11) is 0. The molecular weight excluding hydrogens is 418 g/mol. The third kappa shape index (κ3) is 5.27. The predicted molar refractivity (Wildman–Crippen MR) is 128 cm³/mol. The van der Waals surface area contributed by atoms with E-state index in [4.69, 9.17) is 4.74 Å². The van der Waals surface area contributed by atoms with E-state index < -0.39 is 0 Å². The van der Waals surface area contributed by atoms with Crippen molar-refractivity contribution in [2.75, 3.05) is 38.1 Å². The molecule has 4 aliphatic rings. The zero-order valence-electron chi connectivity index (χ0n) is 19.3. The Hall–Kier alpha value is -2.74. The lowest BCUT2D eigenvalue weighted by molar-refractivity contribution is -0.133. The minimum absolute atomic E-state index is 0.196. The third-order valence-corrected chi connectivity index (χ3v) is 7.29. The molecule has 1 aliphatic carbocycles. The molecule has 1 aromatic carbocycles. The number of nitrogens with one attached hydrogen (secondary N) is 3. The van der Waals surface area contributed by atoms with Gasteiger partial charge in [0, 0.05) is 49.9 Å². The van der Waals surface area contributed by atoms with Crippen molar-refractivity contribution in [2.24, 2.45) is 0 Å². The molecule has 8 heteroatoms. The normalized spacial score (nSPS) is 23.4. The largest absolute Gasteiger partial charge is 0.494 e. The molecule has 178 valence electrons. The van der Waals surface area contributed by atoms with E-state index in [0.29, 0.717) is 19.4 Å². The number of urea groups is 1. The first kappa shape index (κ1) is 22.1. The van der Waals surface area contributed by atoms with Gasteiger partial charge in [-0.2, -0.15) is 0 Å². The lowest BCUT2D eigenvalue weighted by Crippen LogP contribution is -2.51. The second kappa shape index (κ2) is 10.0. The van der Waals surface area contributed by atoms with Crippen molar-refractivity contribution < 1.29 is 14.3 Å². The van der Waals surface area contributed by atoms with Gasteiger partial charge in [-0.15, -0.1) is 0 Å². The van der Waals surface area contributed by atoms with Crippen LogP contribution in [-0.4, -0.2) is 66.7 Å². The first-order valence-corrected chi connectivity index (χ1v) is 12.5. The molecule has 3 aliphatic heterocycles. The van der Waals surface area contributed by atoms with Crippen LogP contribution in [0.25, 0.3) is 6.08 Å². The molecule has 33 heavy (non-hydrogen) atoms. The number of amides is 3. The Bertz CT molecular complexity index is 901. The van der Waals surface area contributed by atoms with Crippen molar-refractivity contribution in [3.8, 4) is 5.75 Å². The number of anilines is 1. The number of ether oxygens (including phenoxy) is 1. The van der Waals surface area contributed by atoms with Crippen LogP contribution in [0, 0.1) is 0 Å². The molecule has 0 radical (unpaired) electrons. The monoisotopic (exact) mass is 453 g/mol. The number of fused-ring (bicyclic) bond motifs is 2. The molecule has 3 N–H and O–H groups in total. The Morgan fingerprint density at radius 3 is 2.61 bits per heavy atom. The van der Waals surface area contributed by atoms with Crippen LogP contribution >= 0.6 is 0 Å². The fourth-order valence-electron chi connectivity index (χ4n) is 5.42. The molecule has 3 heterocycles. The van der Waals surface area contributed by atoms with Gasteiger partial charge in [-0.25, -0.2) is 4.79 Å². The molecule has 1 saturated carbocycles. The Morgan fingerprint density at radius 2 is 1.82 bits per heavy atom. The Balaban J connectivity index is 1.04. The molecule has 1 unspecified atom stereocenters. The average Bonchev–Trinajstić information content (AvgIpc) is 3.00. The van der Waals surface area contributed by atoms with Crippen LogP contribution in [0.1, 0.15) is 56.9 Å². The van der Waals surface area contributed by atoms with Crippen LogP contribution in [-0.2, 0) is 4.79 Å². The van der Waals surface area contributed by atoms with Gasteiger partial charge in [-0.1, -0.05) is 25.7 Å². The summed E-state index contributed by atoms with van der Waals surface area (Å²) in [6.45, 7) is 4.26. The number of hydrogen-bond donors (Lipinski definition) is 3. The Morgan fingerprint density at radius 1 is 1.03 bits per heavy atom. The summed E-state index contributed by atoms with van der Waals surface area (Å²) in [4.78, 5) is 28.8. The summed E-state index contributed by atoms with van der Waals surface area (Å²) < 4.78 is 5.91. The van der Waals surface area contributed by atoms with E-state index in [1.54, 1.807) is 0 Å². The highest BCUT2D eigenvalue weighted by Crippen LogP contribution is 2.30. The zero-order chi connectivity index (χ0) is 22.6.